The number of fused-ring (bicyclic) bond motifs is 1. The molecule has 8 heteroatoms. The van der Waals surface area contributed by atoms with E-state index in [2.05, 4.69) is 9.97 Å². The molecule has 0 spiro atoms. The van der Waals surface area contributed by atoms with E-state index in [1.807, 2.05) is 4.90 Å². The van der Waals surface area contributed by atoms with Crippen LogP contribution in [0.1, 0.15) is 47.0 Å². The van der Waals surface area contributed by atoms with Gasteiger partial charge in [0.15, 0.2) is 0 Å². The van der Waals surface area contributed by atoms with Crippen LogP contribution in [0.5, 0.6) is 0 Å². The summed E-state index contributed by atoms with van der Waals surface area (Å²) in [5.74, 6) is -0.180. The Labute approximate surface area is 146 Å². The number of aromatic nitrogens is 2. The van der Waals surface area contributed by atoms with Crippen LogP contribution >= 0.6 is 0 Å². The summed E-state index contributed by atoms with van der Waals surface area (Å²) in [6, 6.07) is 3.02. The molecule has 1 fully saturated rings. The molecule has 0 atom stereocenters. The number of rotatable bonds is 3. The van der Waals surface area contributed by atoms with Crippen molar-refractivity contribution in [3.05, 3.63) is 62.6 Å². The quantitative estimate of drug-likeness (QED) is 0.847. The molecule has 4 nitrogen and oxygen atoms in total. The molecule has 0 bridgehead atoms. The molecular formula is C18H17F4N3O. The molecule has 2 aliphatic rings. The number of H-pyrrole nitrogens is 1. The number of aromatic amines is 1. The minimum atomic E-state index is -4.73. The molecule has 1 aromatic carbocycles. The molecule has 0 unspecified atom stereocenters. The topological polar surface area (TPSA) is 49.0 Å². The molecule has 1 N–H and O–H groups in total. The third-order valence-electron chi connectivity index (χ3n) is 4.87. The molecule has 1 aliphatic heterocycles. The summed E-state index contributed by atoms with van der Waals surface area (Å²) in [6.45, 7) is 1.13. The number of nitrogens with one attached hydrogen (secondary N) is 1. The predicted molar refractivity (Wildman–Crippen MR) is 86.1 cm³/mol. The van der Waals surface area contributed by atoms with Crippen molar-refractivity contribution in [3.63, 3.8) is 0 Å². The monoisotopic (exact) mass is 367 g/mol. The SMILES string of the molecule is O=c1[nH]c(C2CC2)nc2c1CN(Cc1ccc(F)c(C(F)(F)F)c1)CC2. The number of hydrogen-bond donors (Lipinski definition) is 1. The lowest BCUT2D eigenvalue weighted by molar-refractivity contribution is -0.140. The Bertz CT molecular complexity index is 902. The first-order valence-electron chi connectivity index (χ1n) is 8.51. The number of nitrogens with zero attached hydrogens (tertiary/aromatic N) is 2. The second-order valence-electron chi connectivity index (χ2n) is 6.92. The molecule has 4 rings (SSSR count). The predicted octanol–water partition coefficient (Wildman–Crippen LogP) is 3.36. The molecule has 1 aliphatic carbocycles. The van der Waals surface area contributed by atoms with Crippen molar-refractivity contribution in [2.75, 3.05) is 6.54 Å². The molecular weight excluding hydrogens is 350 g/mol. The van der Waals surface area contributed by atoms with Crippen molar-refractivity contribution >= 4 is 0 Å². The Kier molecular flexibility index (Phi) is 4.10. The fourth-order valence-electron chi connectivity index (χ4n) is 3.33. The highest BCUT2D eigenvalue weighted by Crippen LogP contribution is 2.38. The van der Waals surface area contributed by atoms with Gasteiger partial charge in [-0.1, -0.05) is 6.07 Å². The van der Waals surface area contributed by atoms with E-state index in [4.69, 9.17) is 0 Å². The number of benzene rings is 1. The van der Waals surface area contributed by atoms with Crippen LogP contribution in [-0.2, 0) is 25.7 Å². The van der Waals surface area contributed by atoms with Crippen LogP contribution in [-0.4, -0.2) is 21.4 Å². The van der Waals surface area contributed by atoms with Gasteiger partial charge in [-0.25, -0.2) is 9.37 Å². The van der Waals surface area contributed by atoms with Crippen LogP contribution < -0.4 is 5.56 Å². The van der Waals surface area contributed by atoms with Gasteiger partial charge in [-0.15, -0.1) is 0 Å². The van der Waals surface area contributed by atoms with Gasteiger partial charge in [-0.05, 0) is 30.5 Å². The first-order chi connectivity index (χ1) is 12.3. The maximum absolute atomic E-state index is 13.4. The van der Waals surface area contributed by atoms with Crippen molar-refractivity contribution in [1.29, 1.82) is 0 Å². The zero-order valence-electron chi connectivity index (χ0n) is 13.9. The fourth-order valence-corrected chi connectivity index (χ4v) is 3.33. The molecule has 2 aromatic rings. The van der Waals surface area contributed by atoms with Gasteiger partial charge in [0.2, 0.25) is 0 Å². The highest BCUT2D eigenvalue weighted by atomic mass is 19.4. The number of hydrogen-bond acceptors (Lipinski definition) is 3. The van der Waals surface area contributed by atoms with Gasteiger partial charge in [0.1, 0.15) is 11.6 Å². The van der Waals surface area contributed by atoms with Crippen LogP contribution in [0.2, 0.25) is 0 Å². The number of halogens is 4. The number of alkyl halides is 3. The third-order valence-corrected chi connectivity index (χ3v) is 4.87. The minimum absolute atomic E-state index is 0.170. The van der Waals surface area contributed by atoms with Gasteiger partial charge < -0.3 is 4.98 Å². The van der Waals surface area contributed by atoms with E-state index >= 15 is 0 Å². The molecule has 138 valence electrons. The summed E-state index contributed by atoms with van der Waals surface area (Å²) in [7, 11) is 0. The van der Waals surface area contributed by atoms with E-state index in [0.717, 1.165) is 36.5 Å². The zero-order chi connectivity index (χ0) is 18.5. The molecule has 26 heavy (non-hydrogen) atoms. The van der Waals surface area contributed by atoms with E-state index in [1.54, 1.807) is 0 Å². The first kappa shape index (κ1) is 17.2. The molecule has 0 saturated heterocycles. The van der Waals surface area contributed by atoms with E-state index in [0.29, 0.717) is 36.6 Å². The van der Waals surface area contributed by atoms with Crippen molar-refractivity contribution in [1.82, 2.24) is 14.9 Å². The van der Waals surface area contributed by atoms with Gasteiger partial charge in [0.25, 0.3) is 5.56 Å². The lowest BCUT2D eigenvalue weighted by Crippen LogP contribution is -2.35. The Morgan fingerprint density at radius 2 is 2.04 bits per heavy atom. The van der Waals surface area contributed by atoms with Crippen LogP contribution in [0.3, 0.4) is 0 Å². The van der Waals surface area contributed by atoms with Crippen LogP contribution in [0, 0.1) is 5.82 Å². The molecule has 0 amide bonds. The van der Waals surface area contributed by atoms with Gasteiger partial charge in [0, 0.05) is 32.0 Å². The van der Waals surface area contributed by atoms with Gasteiger partial charge in [0.05, 0.1) is 16.8 Å². The van der Waals surface area contributed by atoms with E-state index in [1.165, 1.54) is 6.07 Å². The summed E-state index contributed by atoms with van der Waals surface area (Å²) in [5.41, 5.74) is 0.277. The van der Waals surface area contributed by atoms with Crippen LogP contribution in [0.15, 0.2) is 23.0 Å². The summed E-state index contributed by atoms with van der Waals surface area (Å²) < 4.78 is 52.0. The average Bonchev–Trinajstić information content (AvgIpc) is 3.41. The fraction of sp³-hybridized carbons (Fsp3) is 0.444. The van der Waals surface area contributed by atoms with Crippen molar-refractivity contribution < 1.29 is 17.6 Å². The maximum Gasteiger partial charge on any atom is 0.419 e. The Morgan fingerprint density at radius 1 is 1.27 bits per heavy atom. The maximum atomic E-state index is 13.4. The Hall–Kier alpha value is -2.22. The van der Waals surface area contributed by atoms with E-state index < -0.39 is 17.6 Å². The lowest BCUT2D eigenvalue weighted by atomic mass is 10.0. The van der Waals surface area contributed by atoms with E-state index in [9.17, 15) is 22.4 Å². The highest BCUT2D eigenvalue weighted by Gasteiger charge is 2.34. The third kappa shape index (κ3) is 3.38. The Balaban J connectivity index is 1.54. The largest absolute Gasteiger partial charge is 0.419 e. The molecule has 1 saturated carbocycles. The summed E-state index contributed by atoms with van der Waals surface area (Å²) >= 11 is 0. The second-order valence-corrected chi connectivity index (χ2v) is 6.92. The smallest absolute Gasteiger partial charge is 0.310 e. The van der Waals surface area contributed by atoms with Gasteiger partial charge >= 0.3 is 6.18 Å². The summed E-state index contributed by atoms with van der Waals surface area (Å²) in [5, 5.41) is 0. The van der Waals surface area contributed by atoms with E-state index in [-0.39, 0.29) is 12.1 Å². The standard InChI is InChI=1S/C18H17F4N3O/c19-14-4-1-10(7-13(14)18(20,21)22)8-25-6-5-15-12(9-25)17(26)24-16(23-15)11-2-3-11/h1,4,7,11H,2-3,5-6,8-9H2,(H,23,24,26). The van der Waals surface area contributed by atoms with Crippen molar-refractivity contribution in [3.8, 4) is 0 Å². The zero-order valence-corrected chi connectivity index (χ0v) is 13.9. The second kappa shape index (κ2) is 6.19. The van der Waals surface area contributed by atoms with Gasteiger partial charge in [-0.3, -0.25) is 9.69 Å². The molecule has 1 aromatic heterocycles. The molecule has 2 heterocycles. The normalized spacial score (nSPS) is 18.0. The summed E-state index contributed by atoms with van der Waals surface area (Å²) in [6.07, 6.45) is -2.07. The van der Waals surface area contributed by atoms with Crippen molar-refractivity contribution in [2.45, 2.75) is 44.4 Å². The Morgan fingerprint density at radius 3 is 2.73 bits per heavy atom. The highest BCUT2D eigenvalue weighted by molar-refractivity contribution is 5.28. The first-order valence-corrected chi connectivity index (χ1v) is 8.51. The van der Waals surface area contributed by atoms with Crippen LogP contribution in [0.4, 0.5) is 17.6 Å². The van der Waals surface area contributed by atoms with Crippen LogP contribution in [0.25, 0.3) is 0 Å². The average molecular weight is 367 g/mol. The summed E-state index contributed by atoms with van der Waals surface area (Å²) in [4.78, 5) is 21.6. The minimum Gasteiger partial charge on any atom is -0.310 e. The van der Waals surface area contributed by atoms with Crippen molar-refractivity contribution in [2.24, 2.45) is 0 Å². The lowest BCUT2D eigenvalue weighted by Gasteiger charge is -2.28. The van der Waals surface area contributed by atoms with Gasteiger partial charge in [-0.2, -0.15) is 13.2 Å². The molecule has 0 radical (unpaired) electrons.